The van der Waals surface area contributed by atoms with Crippen molar-refractivity contribution in [3.8, 4) is 0 Å². The number of nitrogens with two attached hydrogens (primary N) is 1. The van der Waals surface area contributed by atoms with Crippen LogP contribution in [0.2, 0.25) is 0 Å². The van der Waals surface area contributed by atoms with Gasteiger partial charge >= 0.3 is 0 Å². The molecule has 1 aliphatic rings. The van der Waals surface area contributed by atoms with Crippen molar-refractivity contribution < 1.29 is 4.79 Å². The first kappa shape index (κ1) is 15.0. The quantitative estimate of drug-likeness (QED) is 0.838. The molecule has 110 valence electrons. The predicted molar refractivity (Wildman–Crippen MR) is 82.3 cm³/mol. The zero-order chi connectivity index (χ0) is 14.2. The van der Waals surface area contributed by atoms with Crippen LogP contribution < -0.4 is 11.1 Å². The van der Waals surface area contributed by atoms with Crippen LogP contribution in [0.4, 0.5) is 0 Å². The fourth-order valence-electron chi connectivity index (χ4n) is 2.96. The maximum absolute atomic E-state index is 11.8. The topological polar surface area (TPSA) is 55.1 Å². The molecule has 2 rings (SSSR count). The molecule has 2 unspecified atom stereocenters. The van der Waals surface area contributed by atoms with Gasteiger partial charge < -0.3 is 11.1 Å². The maximum Gasteiger partial charge on any atom is 0.220 e. The second-order valence-electron chi connectivity index (χ2n) is 5.94. The zero-order valence-corrected chi connectivity index (χ0v) is 12.2. The summed E-state index contributed by atoms with van der Waals surface area (Å²) in [6, 6.07) is 10.7. The highest BCUT2D eigenvalue weighted by Crippen LogP contribution is 2.22. The SMILES string of the molecule is NC1CCCC(CNC(=O)CCCc2ccccc2)C1. The van der Waals surface area contributed by atoms with E-state index < -0.39 is 0 Å². The number of aryl methyl sites for hydroxylation is 1. The summed E-state index contributed by atoms with van der Waals surface area (Å²) in [6.07, 6.45) is 7.12. The molecule has 1 amide bonds. The number of hydrogen-bond acceptors (Lipinski definition) is 2. The van der Waals surface area contributed by atoms with E-state index in [1.54, 1.807) is 0 Å². The van der Waals surface area contributed by atoms with Crippen molar-refractivity contribution >= 4 is 5.91 Å². The van der Waals surface area contributed by atoms with Gasteiger partial charge in [0.15, 0.2) is 0 Å². The molecule has 20 heavy (non-hydrogen) atoms. The highest BCUT2D eigenvalue weighted by atomic mass is 16.1. The Morgan fingerprint density at radius 3 is 2.80 bits per heavy atom. The van der Waals surface area contributed by atoms with Crippen LogP contribution in [0.15, 0.2) is 30.3 Å². The fourth-order valence-corrected chi connectivity index (χ4v) is 2.96. The summed E-state index contributed by atoms with van der Waals surface area (Å²) in [5, 5.41) is 3.06. The molecule has 0 saturated heterocycles. The molecular weight excluding hydrogens is 248 g/mol. The molecule has 0 aliphatic heterocycles. The van der Waals surface area contributed by atoms with Crippen LogP contribution in [0.5, 0.6) is 0 Å². The van der Waals surface area contributed by atoms with Crippen molar-refractivity contribution in [2.24, 2.45) is 11.7 Å². The third-order valence-corrected chi connectivity index (χ3v) is 4.12. The van der Waals surface area contributed by atoms with Crippen LogP contribution >= 0.6 is 0 Å². The number of amides is 1. The smallest absolute Gasteiger partial charge is 0.220 e. The van der Waals surface area contributed by atoms with Gasteiger partial charge in [-0.25, -0.2) is 0 Å². The molecule has 3 nitrogen and oxygen atoms in total. The maximum atomic E-state index is 11.8. The van der Waals surface area contributed by atoms with Crippen LogP contribution in [-0.2, 0) is 11.2 Å². The van der Waals surface area contributed by atoms with Crippen LogP contribution in [-0.4, -0.2) is 18.5 Å². The first-order valence-electron chi connectivity index (χ1n) is 7.80. The second-order valence-corrected chi connectivity index (χ2v) is 5.94. The molecule has 3 N–H and O–H groups in total. The van der Waals surface area contributed by atoms with Crippen LogP contribution in [0.3, 0.4) is 0 Å². The molecule has 0 spiro atoms. The van der Waals surface area contributed by atoms with Gasteiger partial charge in [0.1, 0.15) is 0 Å². The lowest BCUT2D eigenvalue weighted by molar-refractivity contribution is -0.121. The first-order valence-corrected chi connectivity index (χ1v) is 7.80. The molecule has 0 aromatic heterocycles. The number of hydrogen-bond donors (Lipinski definition) is 2. The molecule has 2 atom stereocenters. The Labute approximate surface area is 121 Å². The Morgan fingerprint density at radius 2 is 2.05 bits per heavy atom. The summed E-state index contributed by atoms with van der Waals surface area (Å²) >= 11 is 0. The Kier molecular flexibility index (Phi) is 6.06. The summed E-state index contributed by atoms with van der Waals surface area (Å²) in [4.78, 5) is 11.8. The van der Waals surface area contributed by atoms with E-state index in [0.717, 1.165) is 32.2 Å². The number of rotatable bonds is 6. The van der Waals surface area contributed by atoms with E-state index in [9.17, 15) is 4.79 Å². The van der Waals surface area contributed by atoms with Gasteiger partial charge in [0.2, 0.25) is 5.91 Å². The first-order chi connectivity index (χ1) is 9.74. The van der Waals surface area contributed by atoms with Gasteiger partial charge in [0.05, 0.1) is 0 Å². The minimum Gasteiger partial charge on any atom is -0.356 e. The summed E-state index contributed by atoms with van der Waals surface area (Å²) in [5.74, 6) is 0.761. The molecule has 0 radical (unpaired) electrons. The minimum absolute atomic E-state index is 0.181. The summed E-state index contributed by atoms with van der Waals surface area (Å²) in [5.41, 5.74) is 7.27. The predicted octanol–water partition coefficient (Wildman–Crippen LogP) is 2.64. The van der Waals surface area contributed by atoms with Crippen molar-refractivity contribution in [3.63, 3.8) is 0 Å². The van der Waals surface area contributed by atoms with Gasteiger partial charge in [0.25, 0.3) is 0 Å². The Morgan fingerprint density at radius 1 is 1.25 bits per heavy atom. The standard InChI is InChI=1S/C17H26N2O/c18-16-10-4-9-15(12-16)13-19-17(20)11-5-8-14-6-2-1-3-7-14/h1-3,6-7,15-16H,4-5,8-13,18H2,(H,19,20). The third-order valence-electron chi connectivity index (χ3n) is 4.12. The van der Waals surface area contributed by atoms with Gasteiger partial charge in [-0.15, -0.1) is 0 Å². The third kappa shape index (κ3) is 5.33. The molecule has 0 bridgehead atoms. The van der Waals surface area contributed by atoms with E-state index in [1.807, 2.05) is 18.2 Å². The van der Waals surface area contributed by atoms with Crippen molar-refractivity contribution in [1.82, 2.24) is 5.32 Å². The molecule has 0 heterocycles. The van der Waals surface area contributed by atoms with E-state index in [0.29, 0.717) is 18.4 Å². The zero-order valence-electron chi connectivity index (χ0n) is 12.2. The van der Waals surface area contributed by atoms with Crippen LogP contribution in [0.25, 0.3) is 0 Å². The lowest BCUT2D eigenvalue weighted by Crippen LogP contribution is -2.35. The van der Waals surface area contributed by atoms with Gasteiger partial charge in [-0.3, -0.25) is 4.79 Å². The van der Waals surface area contributed by atoms with E-state index in [4.69, 9.17) is 5.73 Å². The van der Waals surface area contributed by atoms with Gasteiger partial charge in [-0.05, 0) is 43.6 Å². The monoisotopic (exact) mass is 274 g/mol. The lowest BCUT2D eigenvalue weighted by Gasteiger charge is -2.26. The molecule has 1 aliphatic carbocycles. The number of carbonyl (C=O) groups is 1. The number of nitrogens with one attached hydrogen (secondary N) is 1. The van der Waals surface area contributed by atoms with Crippen molar-refractivity contribution in [2.45, 2.75) is 51.0 Å². The van der Waals surface area contributed by atoms with E-state index in [2.05, 4.69) is 17.4 Å². The van der Waals surface area contributed by atoms with Crippen molar-refractivity contribution in [3.05, 3.63) is 35.9 Å². The molecule has 1 fully saturated rings. The largest absolute Gasteiger partial charge is 0.356 e. The average molecular weight is 274 g/mol. The Hall–Kier alpha value is -1.35. The summed E-state index contributed by atoms with van der Waals surface area (Å²) in [6.45, 7) is 0.803. The Bertz CT molecular complexity index is 405. The van der Waals surface area contributed by atoms with Gasteiger partial charge in [0, 0.05) is 19.0 Å². The summed E-state index contributed by atoms with van der Waals surface area (Å²) < 4.78 is 0. The highest BCUT2D eigenvalue weighted by Gasteiger charge is 2.19. The van der Waals surface area contributed by atoms with Crippen LogP contribution in [0.1, 0.15) is 44.1 Å². The second kappa shape index (κ2) is 8.05. The minimum atomic E-state index is 0.181. The average Bonchev–Trinajstić information content (AvgIpc) is 2.46. The summed E-state index contributed by atoms with van der Waals surface area (Å²) in [7, 11) is 0. The van der Waals surface area contributed by atoms with E-state index >= 15 is 0 Å². The fraction of sp³-hybridized carbons (Fsp3) is 0.588. The number of carbonyl (C=O) groups excluding carboxylic acids is 1. The van der Waals surface area contributed by atoms with Gasteiger partial charge in [-0.2, -0.15) is 0 Å². The molecule has 1 saturated carbocycles. The molecule has 3 heteroatoms. The normalized spacial score (nSPS) is 22.4. The van der Waals surface area contributed by atoms with E-state index in [-0.39, 0.29) is 5.91 Å². The van der Waals surface area contributed by atoms with Gasteiger partial charge in [-0.1, -0.05) is 36.8 Å². The van der Waals surface area contributed by atoms with E-state index in [1.165, 1.54) is 18.4 Å². The molecule has 1 aromatic rings. The van der Waals surface area contributed by atoms with Crippen molar-refractivity contribution in [1.29, 1.82) is 0 Å². The Balaban J connectivity index is 1.58. The molecular formula is C17H26N2O. The molecule has 1 aromatic carbocycles. The van der Waals surface area contributed by atoms with Crippen LogP contribution in [0, 0.1) is 5.92 Å². The number of benzene rings is 1. The lowest BCUT2D eigenvalue weighted by atomic mass is 9.86. The van der Waals surface area contributed by atoms with Crippen molar-refractivity contribution in [2.75, 3.05) is 6.54 Å². The highest BCUT2D eigenvalue weighted by molar-refractivity contribution is 5.75.